The molecule has 0 spiro atoms. The number of thiophene rings is 1. The molecule has 8 heteroatoms. The van der Waals surface area contributed by atoms with Gasteiger partial charge in [0.15, 0.2) is 0 Å². The minimum Gasteiger partial charge on any atom is -0.383 e. The van der Waals surface area contributed by atoms with E-state index in [1.807, 2.05) is 77.6 Å². The summed E-state index contributed by atoms with van der Waals surface area (Å²) in [5, 5.41) is 3.08. The van der Waals surface area contributed by atoms with Gasteiger partial charge in [-0.05, 0) is 60.2 Å². The first kappa shape index (κ1) is 23.4. The van der Waals surface area contributed by atoms with Crippen LogP contribution in [0.25, 0.3) is 5.69 Å². The Hall–Kier alpha value is -3.39. The third kappa shape index (κ3) is 4.62. The van der Waals surface area contributed by atoms with Crippen molar-refractivity contribution in [1.29, 1.82) is 0 Å². The molecule has 5 rings (SSSR count). The number of aromatic nitrogens is 1. The van der Waals surface area contributed by atoms with Gasteiger partial charge in [-0.25, -0.2) is 0 Å². The highest BCUT2D eigenvalue weighted by Gasteiger charge is 2.44. The second-order valence-corrected chi connectivity index (χ2v) is 10.0. The summed E-state index contributed by atoms with van der Waals surface area (Å²) in [6.45, 7) is 0.720. The number of nitrogens with one attached hydrogen (secondary N) is 1. The standard InChI is InChI=1S/C27H24ClN3O3S/c1-34-17-16-31-25(22-12-13-23(28)35-22)24(20-6-2-3-7-21(20)27(31)33)26(32)29-18-8-10-19(11-9-18)30-14-4-5-15-30/h2-15,24-25H,16-17H2,1H3,(H,29,32). The van der Waals surface area contributed by atoms with Crippen LogP contribution in [0.15, 0.2) is 85.2 Å². The van der Waals surface area contributed by atoms with E-state index in [0.717, 1.165) is 10.6 Å². The molecule has 0 saturated carbocycles. The summed E-state index contributed by atoms with van der Waals surface area (Å²) >= 11 is 7.65. The van der Waals surface area contributed by atoms with Crippen LogP contribution in [0.3, 0.4) is 0 Å². The molecule has 0 saturated heterocycles. The fourth-order valence-corrected chi connectivity index (χ4v) is 5.77. The molecule has 0 radical (unpaired) electrons. The highest BCUT2D eigenvalue weighted by Crippen LogP contribution is 2.45. The number of carbonyl (C=O) groups excluding carboxylic acids is 2. The Morgan fingerprint density at radius 1 is 1.03 bits per heavy atom. The second kappa shape index (κ2) is 10.1. The summed E-state index contributed by atoms with van der Waals surface area (Å²) in [6.07, 6.45) is 3.93. The van der Waals surface area contributed by atoms with Crippen LogP contribution in [-0.4, -0.2) is 41.5 Å². The average Bonchev–Trinajstić information content (AvgIpc) is 3.56. The van der Waals surface area contributed by atoms with E-state index in [-0.39, 0.29) is 11.8 Å². The molecule has 0 fully saturated rings. The first-order valence-electron chi connectivity index (χ1n) is 11.2. The molecular weight excluding hydrogens is 482 g/mol. The van der Waals surface area contributed by atoms with Crippen LogP contribution in [0.4, 0.5) is 5.69 Å². The number of anilines is 1. The molecule has 1 aliphatic heterocycles. The molecule has 4 aromatic rings. The van der Waals surface area contributed by atoms with Gasteiger partial charge in [-0.1, -0.05) is 29.8 Å². The molecule has 2 unspecified atom stereocenters. The van der Waals surface area contributed by atoms with Gasteiger partial charge in [0.2, 0.25) is 5.91 Å². The number of amides is 2. The van der Waals surface area contributed by atoms with Gasteiger partial charge >= 0.3 is 0 Å². The molecule has 35 heavy (non-hydrogen) atoms. The Morgan fingerprint density at radius 2 is 1.77 bits per heavy atom. The summed E-state index contributed by atoms with van der Waals surface area (Å²) in [5.74, 6) is -0.914. The number of ether oxygens (including phenoxy) is 1. The SMILES string of the molecule is COCCN1C(=O)c2ccccc2C(C(=O)Nc2ccc(-n3cccc3)cc2)C1c1ccc(Cl)s1. The molecule has 2 aromatic heterocycles. The number of carbonyl (C=O) groups is 2. The molecule has 3 heterocycles. The Balaban J connectivity index is 1.52. The lowest BCUT2D eigenvalue weighted by Gasteiger charge is -2.41. The van der Waals surface area contributed by atoms with Crippen molar-refractivity contribution in [3.05, 3.63) is 106 Å². The molecule has 0 bridgehead atoms. The van der Waals surface area contributed by atoms with Crippen LogP contribution in [0, 0.1) is 0 Å². The van der Waals surface area contributed by atoms with Crippen LogP contribution >= 0.6 is 22.9 Å². The van der Waals surface area contributed by atoms with Crippen LogP contribution in [0.2, 0.25) is 4.34 Å². The summed E-state index contributed by atoms with van der Waals surface area (Å²) in [4.78, 5) is 29.9. The van der Waals surface area contributed by atoms with E-state index in [4.69, 9.17) is 16.3 Å². The normalized spacial score (nSPS) is 17.3. The predicted molar refractivity (Wildman–Crippen MR) is 139 cm³/mol. The summed E-state index contributed by atoms with van der Waals surface area (Å²) < 4.78 is 7.89. The molecule has 6 nitrogen and oxygen atoms in total. The Bertz CT molecular complexity index is 1330. The highest BCUT2D eigenvalue weighted by molar-refractivity contribution is 7.16. The molecular formula is C27H24ClN3O3S. The van der Waals surface area contributed by atoms with Crippen molar-refractivity contribution >= 4 is 40.4 Å². The zero-order valence-electron chi connectivity index (χ0n) is 19.1. The number of hydrogen-bond acceptors (Lipinski definition) is 4. The molecule has 178 valence electrons. The summed E-state index contributed by atoms with van der Waals surface area (Å²) in [7, 11) is 1.60. The van der Waals surface area contributed by atoms with Crippen molar-refractivity contribution < 1.29 is 14.3 Å². The van der Waals surface area contributed by atoms with Crippen molar-refractivity contribution in [1.82, 2.24) is 9.47 Å². The second-order valence-electron chi connectivity index (χ2n) is 8.27. The van der Waals surface area contributed by atoms with E-state index < -0.39 is 12.0 Å². The zero-order valence-corrected chi connectivity index (χ0v) is 20.6. The molecule has 2 atom stereocenters. The molecule has 1 N–H and O–H groups in total. The minimum absolute atomic E-state index is 0.118. The number of benzene rings is 2. The van der Waals surface area contributed by atoms with E-state index in [1.54, 1.807) is 24.1 Å². The van der Waals surface area contributed by atoms with Gasteiger partial charge in [0, 0.05) is 47.9 Å². The number of hydrogen-bond donors (Lipinski definition) is 1. The van der Waals surface area contributed by atoms with E-state index in [9.17, 15) is 9.59 Å². The minimum atomic E-state index is -0.611. The molecule has 1 aliphatic rings. The number of rotatable bonds is 7. The lowest BCUT2D eigenvalue weighted by atomic mass is 9.81. The van der Waals surface area contributed by atoms with Gasteiger partial charge in [-0.2, -0.15) is 0 Å². The number of methoxy groups -OCH3 is 1. The maximum Gasteiger partial charge on any atom is 0.254 e. The lowest BCUT2D eigenvalue weighted by molar-refractivity contribution is -0.119. The van der Waals surface area contributed by atoms with Gasteiger partial charge in [0.05, 0.1) is 22.9 Å². The van der Waals surface area contributed by atoms with Crippen LogP contribution < -0.4 is 5.32 Å². The Kier molecular flexibility index (Phi) is 6.72. The summed E-state index contributed by atoms with van der Waals surface area (Å²) in [5.41, 5.74) is 2.93. The van der Waals surface area contributed by atoms with Crippen molar-refractivity contribution in [3.63, 3.8) is 0 Å². The highest BCUT2D eigenvalue weighted by atomic mass is 35.5. The van der Waals surface area contributed by atoms with Gasteiger partial charge in [-0.15, -0.1) is 11.3 Å². The zero-order chi connectivity index (χ0) is 24.4. The van der Waals surface area contributed by atoms with Crippen molar-refractivity contribution in [3.8, 4) is 5.69 Å². The lowest BCUT2D eigenvalue weighted by Crippen LogP contribution is -2.47. The summed E-state index contributed by atoms with van der Waals surface area (Å²) in [6, 6.07) is 22.1. The average molecular weight is 506 g/mol. The number of fused-ring (bicyclic) bond motifs is 1. The van der Waals surface area contributed by atoms with Gasteiger partial charge in [-0.3, -0.25) is 9.59 Å². The van der Waals surface area contributed by atoms with Crippen molar-refractivity contribution in [2.45, 2.75) is 12.0 Å². The topological polar surface area (TPSA) is 63.6 Å². The smallest absolute Gasteiger partial charge is 0.254 e. The van der Waals surface area contributed by atoms with Crippen molar-refractivity contribution in [2.24, 2.45) is 0 Å². The number of halogens is 1. The quantitative estimate of drug-likeness (QED) is 0.347. The maximum atomic E-state index is 13.8. The van der Waals surface area contributed by atoms with E-state index >= 15 is 0 Å². The van der Waals surface area contributed by atoms with Crippen molar-refractivity contribution in [2.75, 3.05) is 25.6 Å². The Labute approximate surface area is 212 Å². The fourth-order valence-electron chi connectivity index (χ4n) is 4.56. The van der Waals surface area contributed by atoms with Gasteiger partial charge < -0.3 is 19.5 Å². The van der Waals surface area contributed by atoms with E-state index in [1.165, 1.54) is 11.3 Å². The largest absolute Gasteiger partial charge is 0.383 e. The molecule has 2 aromatic carbocycles. The number of nitrogens with zero attached hydrogens (tertiary/aromatic N) is 2. The van der Waals surface area contributed by atoms with Gasteiger partial charge in [0.1, 0.15) is 0 Å². The van der Waals surface area contributed by atoms with Crippen LogP contribution in [0.1, 0.15) is 32.8 Å². The van der Waals surface area contributed by atoms with E-state index in [2.05, 4.69) is 5.32 Å². The first-order chi connectivity index (χ1) is 17.1. The third-order valence-corrected chi connectivity index (χ3v) is 7.48. The van der Waals surface area contributed by atoms with Crippen LogP contribution in [-0.2, 0) is 9.53 Å². The Morgan fingerprint density at radius 3 is 2.46 bits per heavy atom. The van der Waals surface area contributed by atoms with Crippen LogP contribution in [0.5, 0.6) is 0 Å². The fraction of sp³-hybridized carbons (Fsp3) is 0.185. The third-order valence-electron chi connectivity index (χ3n) is 6.18. The first-order valence-corrected chi connectivity index (χ1v) is 12.4. The molecule has 0 aliphatic carbocycles. The maximum absolute atomic E-state index is 13.8. The monoisotopic (exact) mass is 505 g/mol. The van der Waals surface area contributed by atoms with Gasteiger partial charge in [0.25, 0.3) is 5.91 Å². The molecule has 2 amide bonds. The van der Waals surface area contributed by atoms with E-state index in [0.29, 0.717) is 34.3 Å². The predicted octanol–water partition coefficient (Wildman–Crippen LogP) is 5.76.